The summed E-state index contributed by atoms with van der Waals surface area (Å²) in [6, 6.07) is 9.01. The number of rotatable bonds is 2. The molecule has 0 unspecified atom stereocenters. The molecule has 1 aliphatic heterocycles. The van der Waals surface area contributed by atoms with E-state index in [1.165, 1.54) is 11.1 Å². The molecule has 0 spiro atoms. The van der Waals surface area contributed by atoms with Crippen molar-refractivity contribution in [3.05, 3.63) is 41.3 Å². The molecular formula is C12H12ClN3O. The number of hydrogen-bond acceptors (Lipinski definition) is 4. The maximum atomic E-state index is 5.65. The van der Waals surface area contributed by atoms with Crippen molar-refractivity contribution in [1.82, 2.24) is 10.2 Å². The summed E-state index contributed by atoms with van der Waals surface area (Å²) in [4.78, 5) is 2.09. The molecule has 4 nitrogen and oxygen atoms in total. The van der Waals surface area contributed by atoms with Crippen molar-refractivity contribution in [3.8, 4) is 0 Å². The van der Waals surface area contributed by atoms with Gasteiger partial charge in [-0.25, -0.2) is 0 Å². The zero-order chi connectivity index (χ0) is 11.7. The van der Waals surface area contributed by atoms with Crippen molar-refractivity contribution in [2.75, 3.05) is 11.4 Å². The van der Waals surface area contributed by atoms with Crippen LogP contribution in [0, 0.1) is 0 Å². The first-order chi connectivity index (χ1) is 8.36. The van der Waals surface area contributed by atoms with Gasteiger partial charge < -0.3 is 9.32 Å². The van der Waals surface area contributed by atoms with E-state index in [-0.39, 0.29) is 5.88 Å². The highest BCUT2D eigenvalue weighted by Gasteiger charge is 2.20. The van der Waals surface area contributed by atoms with Gasteiger partial charge in [0.1, 0.15) is 5.88 Å². The van der Waals surface area contributed by atoms with E-state index in [4.69, 9.17) is 16.0 Å². The first-order valence-electron chi connectivity index (χ1n) is 5.57. The summed E-state index contributed by atoms with van der Waals surface area (Å²) in [5.74, 6) is 0.734. The third-order valence-electron chi connectivity index (χ3n) is 2.97. The molecule has 0 fully saturated rings. The van der Waals surface area contributed by atoms with Crippen LogP contribution in [0.15, 0.2) is 28.7 Å². The summed E-state index contributed by atoms with van der Waals surface area (Å²) >= 11 is 5.65. The fourth-order valence-electron chi connectivity index (χ4n) is 2.09. The Morgan fingerprint density at radius 1 is 1.24 bits per heavy atom. The van der Waals surface area contributed by atoms with E-state index in [0.29, 0.717) is 11.9 Å². The van der Waals surface area contributed by atoms with Gasteiger partial charge >= 0.3 is 6.01 Å². The lowest BCUT2D eigenvalue weighted by Gasteiger charge is -2.26. The fraction of sp³-hybridized carbons (Fsp3) is 0.333. The Kier molecular flexibility index (Phi) is 2.73. The molecule has 2 aromatic rings. The molecule has 1 aromatic carbocycles. The van der Waals surface area contributed by atoms with E-state index in [1.807, 2.05) is 0 Å². The smallest absolute Gasteiger partial charge is 0.318 e. The molecule has 2 heterocycles. The van der Waals surface area contributed by atoms with Crippen molar-refractivity contribution in [2.24, 2.45) is 0 Å². The highest BCUT2D eigenvalue weighted by atomic mass is 35.5. The Hall–Kier alpha value is -1.55. The Bertz CT molecular complexity index is 526. The summed E-state index contributed by atoms with van der Waals surface area (Å²) in [7, 11) is 0. The van der Waals surface area contributed by atoms with Crippen LogP contribution in [0.4, 0.5) is 6.01 Å². The molecule has 0 radical (unpaired) electrons. The van der Waals surface area contributed by atoms with E-state index < -0.39 is 0 Å². The van der Waals surface area contributed by atoms with Crippen LogP contribution in [-0.4, -0.2) is 16.7 Å². The number of nitrogens with zero attached hydrogens (tertiary/aromatic N) is 3. The van der Waals surface area contributed by atoms with Crippen LogP contribution in [-0.2, 0) is 18.8 Å². The summed E-state index contributed by atoms with van der Waals surface area (Å²) in [6.07, 6.45) is 1.01. The van der Waals surface area contributed by atoms with E-state index in [9.17, 15) is 0 Å². The van der Waals surface area contributed by atoms with Crippen molar-refractivity contribution < 1.29 is 4.42 Å². The average molecular weight is 250 g/mol. The maximum absolute atomic E-state index is 5.65. The molecule has 0 amide bonds. The van der Waals surface area contributed by atoms with Gasteiger partial charge in [-0.15, -0.1) is 16.7 Å². The lowest BCUT2D eigenvalue weighted by Crippen LogP contribution is -2.30. The highest BCUT2D eigenvalue weighted by molar-refractivity contribution is 6.16. The van der Waals surface area contributed by atoms with Crippen LogP contribution in [0.5, 0.6) is 0 Å². The second kappa shape index (κ2) is 4.37. The molecule has 0 N–H and O–H groups in total. The van der Waals surface area contributed by atoms with Crippen molar-refractivity contribution in [1.29, 1.82) is 0 Å². The van der Waals surface area contributed by atoms with E-state index >= 15 is 0 Å². The monoisotopic (exact) mass is 249 g/mol. The first-order valence-corrected chi connectivity index (χ1v) is 6.10. The van der Waals surface area contributed by atoms with Gasteiger partial charge in [0.2, 0.25) is 5.89 Å². The van der Waals surface area contributed by atoms with Crippen molar-refractivity contribution >= 4 is 17.6 Å². The van der Waals surface area contributed by atoms with Gasteiger partial charge in [-0.3, -0.25) is 0 Å². The second-order valence-electron chi connectivity index (χ2n) is 4.05. The largest absolute Gasteiger partial charge is 0.407 e. The van der Waals surface area contributed by atoms with E-state index in [0.717, 1.165) is 19.5 Å². The Labute approximate surface area is 104 Å². The molecule has 0 saturated carbocycles. The SMILES string of the molecule is ClCc1nnc(N2CCc3ccccc3C2)o1. The molecule has 0 saturated heterocycles. The second-order valence-corrected chi connectivity index (χ2v) is 4.32. The number of aromatic nitrogens is 2. The normalized spacial score (nSPS) is 14.8. The van der Waals surface area contributed by atoms with Gasteiger partial charge in [-0.2, -0.15) is 0 Å². The third-order valence-corrected chi connectivity index (χ3v) is 3.20. The Morgan fingerprint density at radius 3 is 2.82 bits per heavy atom. The quantitative estimate of drug-likeness (QED) is 0.767. The van der Waals surface area contributed by atoms with Crippen molar-refractivity contribution in [3.63, 3.8) is 0 Å². The lowest BCUT2D eigenvalue weighted by molar-refractivity contribution is 0.493. The molecule has 5 heteroatoms. The summed E-state index contributed by atoms with van der Waals surface area (Å²) < 4.78 is 5.46. The van der Waals surface area contributed by atoms with Crippen LogP contribution >= 0.6 is 11.6 Å². The topological polar surface area (TPSA) is 42.2 Å². The van der Waals surface area contributed by atoms with Crippen LogP contribution < -0.4 is 4.90 Å². The van der Waals surface area contributed by atoms with Crippen LogP contribution in [0.1, 0.15) is 17.0 Å². The van der Waals surface area contributed by atoms with Crippen LogP contribution in [0.2, 0.25) is 0 Å². The average Bonchev–Trinajstić information content (AvgIpc) is 2.87. The molecule has 0 bridgehead atoms. The van der Waals surface area contributed by atoms with E-state index in [2.05, 4.69) is 39.4 Å². The number of hydrogen-bond donors (Lipinski definition) is 0. The number of alkyl halides is 1. The number of anilines is 1. The summed E-state index contributed by atoms with van der Waals surface area (Å²) in [6.45, 7) is 1.72. The van der Waals surface area contributed by atoms with Gasteiger partial charge in [0.05, 0.1) is 0 Å². The summed E-state index contributed by atoms with van der Waals surface area (Å²) in [5.41, 5.74) is 2.73. The minimum absolute atomic E-state index is 0.261. The highest BCUT2D eigenvalue weighted by Crippen LogP contribution is 2.23. The minimum Gasteiger partial charge on any atom is -0.407 e. The minimum atomic E-state index is 0.261. The van der Waals surface area contributed by atoms with Gasteiger partial charge in [0, 0.05) is 13.1 Å². The fourth-order valence-corrected chi connectivity index (χ4v) is 2.19. The predicted octanol–water partition coefficient (Wildman–Crippen LogP) is 2.37. The van der Waals surface area contributed by atoms with Gasteiger partial charge in [-0.1, -0.05) is 29.4 Å². The zero-order valence-corrected chi connectivity index (χ0v) is 10.0. The molecule has 1 aromatic heterocycles. The van der Waals surface area contributed by atoms with Crippen LogP contribution in [0.3, 0.4) is 0 Å². The lowest BCUT2D eigenvalue weighted by atomic mass is 10.0. The maximum Gasteiger partial charge on any atom is 0.318 e. The van der Waals surface area contributed by atoms with Gasteiger partial charge in [-0.05, 0) is 17.5 Å². The molecule has 1 aliphatic rings. The zero-order valence-electron chi connectivity index (χ0n) is 9.27. The predicted molar refractivity (Wildman–Crippen MR) is 65.1 cm³/mol. The standard InChI is InChI=1S/C12H12ClN3O/c13-7-11-14-15-12(17-11)16-6-5-9-3-1-2-4-10(9)8-16/h1-4H,5-8H2. The van der Waals surface area contributed by atoms with Crippen molar-refractivity contribution in [2.45, 2.75) is 18.8 Å². The molecule has 17 heavy (non-hydrogen) atoms. The summed E-state index contributed by atoms with van der Waals surface area (Å²) in [5, 5.41) is 7.88. The Balaban J connectivity index is 1.84. The Morgan fingerprint density at radius 2 is 2.06 bits per heavy atom. The number of benzene rings is 1. The van der Waals surface area contributed by atoms with Gasteiger partial charge in [0.15, 0.2) is 0 Å². The van der Waals surface area contributed by atoms with Crippen LogP contribution in [0.25, 0.3) is 0 Å². The third kappa shape index (κ3) is 2.00. The van der Waals surface area contributed by atoms with E-state index in [1.54, 1.807) is 0 Å². The molecule has 88 valence electrons. The number of fused-ring (bicyclic) bond motifs is 1. The molecule has 0 aliphatic carbocycles. The molecular weight excluding hydrogens is 238 g/mol. The first kappa shape index (κ1) is 10.6. The molecule has 0 atom stereocenters. The molecule has 3 rings (SSSR count). The number of halogens is 1. The van der Waals surface area contributed by atoms with Gasteiger partial charge in [0.25, 0.3) is 0 Å².